The quantitative estimate of drug-likeness (QED) is 0.654. The first-order valence-corrected chi connectivity index (χ1v) is 7.12. The second-order valence-electron chi connectivity index (χ2n) is 6.27. The molecule has 0 aliphatic carbocycles. The lowest BCUT2D eigenvalue weighted by atomic mass is 9.98. The van der Waals surface area contributed by atoms with Gasteiger partial charge in [0.15, 0.2) is 6.73 Å². The molecule has 0 bridgehead atoms. The number of rotatable bonds is 2. The number of benzene rings is 2. The lowest BCUT2D eigenvalue weighted by Crippen LogP contribution is -2.23. The van der Waals surface area contributed by atoms with Gasteiger partial charge in [-0.05, 0) is 32.9 Å². The molecule has 0 aliphatic heterocycles. The molecule has 3 heteroatoms. The van der Waals surface area contributed by atoms with E-state index in [2.05, 4.69) is 24.3 Å². The molecule has 0 radical (unpaired) electrons. The minimum absolute atomic E-state index is 0.190. The number of ether oxygens (including phenoxy) is 1. The molecule has 0 spiro atoms. The van der Waals surface area contributed by atoms with Crippen LogP contribution in [0.4, 0.5) is 0 Å². The molecule has 1 heterocycles. The molecule has 0 atom stereocenters. The minimum Gasteiger partial charge on any atom is -0.443 e. The van der Waals surface area contributed by atoms with Gasteiger partial charge in [-0.1, -0.05) is 36.4 Å². The molecular weight excluding hydrogens is 262 g/mol. The van der Waals surface area contributed by atoms with Crippen LogP contribution in [0.3, 0.4) is 0 Å². The Balaban J connectivity index is 2.06. The summed E-state index contributed by atoms with van der Waals surface area (Å²) in [6.07, 6.45) is 0. The highest BCUT2D eigenvalue weighted by Gasteiger charge is 2.23. The number of hydrogen-bond donors (Lipinski definition) is 0. The van der Waals surface area contributed by atoms with E-state index in [0.717, 1.165) is 11.0 Å². The number of esters is 1. The zero-order valence-electron chi connectivity index (χ0n) is 12.6. The Bertz CT molecular complexity index is 756. The average Bonchev–Trinajstić information content (AvgIpc) is 2.78. The lowest BCUT2D eigenvalue weighted by Gasteiger charge is -2.17. The summed E-state index contributed by atoms with van der Waals surface area (Å²) in [5, 5.41) is 2.36. The Labute approximate surface area is 124 Å². The zero-order valence-corrected chi connectivity index (χ0v) is 12.6. The van der Waals surface area contributed by atoms with Crippen molar-refractivity contribution in [2.45, 2.75) is 27.5 Å². The highest BCUT2D eigenvalue weighted by atomic mass is 16.5. The Morgan fingerprint density at radius 3 is 1.90 bits per heavy atom. The van der Waals surface area contributed by atoms with Crippen molar-refractivity contribution < 1.29 is 9.53 Å². The van der Waals surface area contributed by atoms with E-state index in [0.29, 0.717) is 0 Å². The third-order valence-electron chi connectivity index (χ3n) is 3.62. The fourth-order valence-electron chi connectivity index (χ4n) is 2.48. The van der Waals surface area contributed by atoms with Crippen LogP contribution in [0.15, 0.2) is 48.5 Å². The van der Waals surface area contributed by atoms with Crippen LogP contribution in [0.5, 0.6) is 0 Å². The number of nitrogens with zero attached hydrogens (tertiary/aromatic N) is 1. The standard InChI is InChI=1S/C18H19NO2/c1-18(2,3)17(20)21-12-19-15-10-6-4-8-13(15)14-9-5-7-11-16(14)19/h4-11H,12H2,1-3H3. The molecule has 21 heavy (non-hydrogen) atoms. The summed E-state index contributed by atoms with van der Waals surface area (Å²) in [6.45, 7) is 5.83. The highest BCUT2D eigenvalue weighted by molar-refractivity contribution is 6.07. The summed E-state index contributed by atoms with van der Waals surface area (Å²) < 4.78 is 7.54. The van der Waals surface area contributed by atoms with Crippen LogP contribution in [-0.4, -0.2) is 10.5 Å². The van der Waals surface area contributed by atoms with Gasteiger partial charge in [0.25, 0.3) is 0 Å². The predicted octanol–water partition coefficient (Wildman–Crippen LogP) is 4.34. The monoisotopic (exact) mass is 281 g/mol. The molecule has 0 unspecified atom stereocenters. The number of aromatic nitrogens is 1. The molecule has 108 valence electrons. The van der Waals surface area contributed by atoms with Crippen LogP contribution in [0.25, 0.3) is 21.8 Å². The maximum Gasteiger partial charge on any atom is 0.312 e. The van der Waals surface area contributed by atoms with E-state index in [1.807, 2.05) is 49.6 Å². The van der Waals surface area contributed by atoms with Crippen LogP contribution in [0, 0.1) is 5.41 Å². The van der Waals surface area contributed by atoms with Gasteiger partial charge < -0.3 is 9.30 Å². The van der Waals surface area contributed by atoms with E-state index < -0.39 is 5.41 Å². The Hall–Kier alpha value is -2.29. The molecule has 0 fully saturated rings. The summed E-state index contributed by atoms with van der Waals surface area (Å²) in [5.41, 5.74) is 1.68. The van der Waals surface area contributed by atoms with E-state index in [4.69, 9.17) is 4.74 Å². The van der Waals surface area contributed by atoms with Gasteiger partial charge in [0, 0.05) is 10.8 Å². The fourth-order valence-corrected chi connectivity index (χ4v) is 2.48. The van der Waals surface area contributed by atoms with Crippen LogP contribution in [-0.2, 0) is 16.3 Å². The number of fused-ring (bicyclic) bond motifs is 3. The molecule has 2 aromatic carbocycles. The Morgan fingerprint density at radius 2 is 1.43 bits per heavy atom. The van der Waals surface area contributed by atoms with Crippen LogP contribution in [0.1, 0.15) is 20.8 Å². The van der Waals surface area contributed by atoms with Gasteiger partial charge >= 0.3 is 5.97 Å². The van der Waals surface area contributed by atoms with Crippen LogP contribution < -0.4 is 0 Å². The van der Waals surface area contributed by atoms with Gasteiger partial charge in [0.1, 0.15) is 0 Å². The van der Waals surface area contributed by atoms with E-state index in [1.165, 1.54) is 10.8 Å². The van der Waals surface area contributed by atoms with Crippen molar-refractivity contribution >= 4 is 27.8 Å². The van der Waals surface area contributed by atoms with Crippen molar-refractivity contribution in [1.29, 1.82) is 0 Å². The number of hydrogen-bond acceptors (Lipinski definition) is 2. The average molecular weight is 281 g/mol. The van der Waals surface area contributed by atoms with Crippen molar-refractivity contribution in [3.05, 3.63) is 48.5 Å². The molecule has 3 aromatic rings. The largest absolute Gasteiger partial charge is 0.443 e. The van der Waals surface area contributed by atoms with Crippen molar-refractivity contribution in [1.82, 2.24) is 4.57 Å². The first-order chi connectivity index (χ1) is 9.98. The van der Waals surface area contributed by atoms with Crippen LogP contribution in [0.2, 0.25) is 0 Å². The smallest absolute Gasteiger partial charge is 0.312 e. The van der Waals surface area contributed by atoms with Crippen molar-refractivity contribution in [2.24, 2.45) is 5.41 Å². The minimum atomic E-state index is -0.487. The molecule has 0 saturated carbocycles. The molecular formula is C18H19NO2. The van der Waals surface area contributed by atoms with E-state index in [1.54, 1.807) is 0 Å². The normalized spacial score (nSPS) is 12.0. The Morgan fingerprint density at radius 1 is 0.952 bits per heavy atom. The van der Waals surface area contributed by atoms with E-state index >= 15 is 0 Å². The van der Waals surface area contributed by atoms with Crippen molar-refractivity contribution in [3.8, 4) is 0 Å². The van der Waals surface area contributed by atoms with Gasteiger partial charge in [0.05, 0.1) is 16.4 Å². The number of carbonyl (C=O) groups excluding carboxylic acids is 1. The van der Waals surface area contributed by atoms with E-state index in [-0.39, 0.29) is 12.7 Å². The van der Waals surface area contributed by atoms with Gasteiger partial charge in [-0.3, -0.25) is 4.79 Å². The molecule has 1 aromatic heterocycles. The van der Waals surface area contributed by atoms with Crippen LogP contribution >= 0.6 is 0 Å². The second-order valence-corrected chi connectivity index (χ2v) is 6.27. The van der Waals surface area contributed by atoms with Gasteiger partial charge in [-0.2, -0.15) is 0 Å². The summed E-state index contributed by atoms with van der Waals surface area (Å²) in [7, 11) is 0. The first-order valence-electron chi connectivity index (χ1n) is 7.12. The number of para-hydroxylation sites is 2. The van der Waals surface area contributed by atoms with E-state index in [9.17, 15) is 4.79 Å². The summed E-state index contributed by atoms with van der Waals surface area (Å²) in [5.74, 6) is -0.190. The summed E-state index contributed by atoms with van der Waals surface area (Å²) in [4.78, 5) is 12.0. The highest BCUT2D eigenvalue weighted by Crippen LogP contribution is 2.29. The SMILES string of the molecule is CC(C)(C)C(=O)OCn1c2ccccc2c2ccccc21. The second kappa shape index (κ2) is 4.92. The summed E-state index contributed by atoms with van der Waals surface area (Å²) >= 11 is 0. The van der Waals surface area contributed by atoms with Gasteiger partial charge in [0.2, 0.25) is 0 Å². The number of carbonyl (C=O) groups is 1. The third kappa shape index (κ3) is 2.40. The summed E-state index contributed by atoms with van der Waals surface area (Å²) in [6, 6.07) is 16.4. The van der Waals surface area contributed by atoms with Crippen molar-refractivity contribution in [3.63, 3.8) is 0 Å². The first kappa shape index (κ1) is 13.7. The molecule has 0 amide bonds. The fraction of sp³-hybridized carbons (Fsp3) is 0.278. The lowest BCUT2D eigenvalue weighted by molar-refractivity contribution is -0.156. The van der Waals surface area contributed by atoms with Gasteiger partial charge in [-0.15, -0.1) is 0 Å². The molecule has 0 N–H and O–H groups in total. The Kier molecular flexibility index (Phi) is 3.20. The maximum absolute atomic E-state index is 12.0. The molecule has 3 rings (SSSR count). The topological polar surface area (TPSA) is 31.2 Å². The zero-order chi connectivity index (χ0) is 15.0. The molecule has 0 saturated heterocycles. The van der Waals surface area contributed by atoms with Gasteiger partial charge in [-0.25, -0.2) is 0 Å². The molecule has 3 nitrogen and oxygen atoms in total. The molecule has 0 aliphatic rings. The van der Waals surface area contributed by atoms with Crippen molar-refractivity contribution in [2.75, 3.05) is 0 Å². The predicted molar refractivity (Wildman–Crippen MR) is 85.0 cm³/mol. The third-order valence-corrected chi connectivity index (χ3v) is 3.62. The maximum atomic E-state index is 12.0.